The maximum atomic E-state index is 5.79. The molecule has 2 aromatic carbocycles. The Labute approximate surface area is 117 Å². The molecule has 0 unspecified atom stereocenters. The zero-order chi connectivity index (χ0) is 12.3. The van der Waals surface area contributed by atoms with Gasteiger partial charge < -0.3 is 10.5 Å². The van der Waals surface area contributed by atoms with Gasteiger partial charge in [0.2, 0.25) is 0 Å². The molecule has 0 fully saturated rings. The van der Waals surface area contributed by atoms with Crippen LogP contribution in [0.4, 0.5) is 0 Å². The van der Waals surface area contributed by atoms with Crippen molar-refractivity contribution in [3.63, 3.8) is 0 Å². The maximum absolute atomic E-state index is 5.79. The molecule has 0 spiro atoms. The Kier molecular flexibility index (Phi) is 4.20. The summed E-state index contributed by atoms with van der Waals surface area (Å²) in [5, 5.41) is 0. The highest BCUT2D eigenvalue weighted by Gasteiger charge is 2.04. The summed E-state index contributed by atoms with van der Waals surface area (Å²) in [5.74, 6) is 1.59. The average molecular weight is 357 g/mol. The number of hydrogen-bond acceptors (Lipinski definition) is 2. The van der Waals surface area contributed by atoms with E-state index >= 15 is 0 Å². The molecule has 88 valence electrons. The predicted octanol–water partition coefficient (Wildman–Crippen LogP) is 4.46. The summed E-state index contributed by atoms with van der Waals surface area (Å²) in [6.45, 7) is 0.450. The topological polar surface area (TPSA) is 35.2 Å². The summed E-state index contributed by atoms with van der Waals surface area (Å²) < 4.78 is 7.82. The van der Waals surface area contributed by atoms with Crippen LogP contribution in [-0.2, 0) is 6.54 Å². The Hall–Kier alpha value is -0.840. The van der Waals surface area contributed by atoms with Gasteiger partial charge in [-0.15, -0.1) is 0 Å². The summed E-state index contributed by atoms with van der Waals surface area (Å²) in [4.78, 5) is 0. The van der Waals surface area contributed by atoms with Gasteiger partial charge in [-0.25, -0.2) is 0 Å². The molecule has 0 saturated carbocycles. The maximum Gasteiger partial charge on any atom is 0.131 e. The van der Waals surface area contributed by atoms with E-state index in [1.165, 1.54) is 0 Å². The van der Waals surface area contributed by atoms with Gasteiger partial charge in [0.1, 0.15) is 11.5 Å². The van der Waals surface area contributed by atoms with Crippen molar-refractivity contribution in [2.45, 2.75) is 6.54 Å². The number of halogens is 2. The van der Waals surface area contributed by atoms with E-state index in [4.69, 9.17) is 10.5 Å². The smallest absolute Gasteiger partial charge is 0.131 e. The Morgan fingerprint density at radius 1 is 0.941 bits per heavy atom. The van der Waals surface area contributed by atoms with E-state index in [1.54, 1.807) is 0 Å². The lowest BCUT2D eigenvalue weighted by Crippen LogP contribution is -1.99. The van der Waals surface area contributed by atoms with Gasteiger partial charge in [0.15, 0.2) is 0 Å². The molecule has 17 heavy (non-hydrogen) atoms. The highest BCUT2D eigenvalue weighted by Crippen LogP contribution is 2.28. The number of rotatable bonds is 3. The predicted molar refractivity (Wildman–Crippen MR) is 76.2 cm³/mol. The van der Waals surface area contributed by atoms with Gasteiger partial charge in [-0.1, -0.05) is 31.9 Å². The second-order valence-electron chi connectivity index (χ2n) is 3.51. The molecule has 0 radical (unpaired) electrons. The summed E-state index contributed by atoms with van der Waals surface area (Å²) in [6.07, 6.45) is 0. The van der Waals surface area contributed by atoms with Crippen LogP contribution in [0, 0.1) is 0 Å². The summed E-state index contributed by atoms with van der Waals surface area (Å²) in [5.41, 5.74) is 6.66. The van der Waals surface area contributed by atoms with Crippen molar-refractivity contribution in [2.24, 2.45) is 5.73 Å². The Morgan fingerprint density at radius 2 is 1.59 bits per heavy atom. The van der Waals surface area contributed by atoms with Crippen LogP contribution < -0.4 is 10.5 Å². The molecular weight excluding hydrogens is 346 g/mol. The number of ether oxygens (including phenoxy) is 1. The Bertz CT molecular complexity index is 511. The zero-order valence-electron chi connectivity index (χ0n) is 8.99. The van der Waals surface area contributed by atoms with Crippen LogP contribution >= 0.6 is 31.9 Å². The van der Waals surface area contributed by atoms with Crippen molar-refractivity contribution in [3.8, 4) is 11.5 Å². The minimum Gasteiger partial charge on any atom is -0.457 e. The summed E-state index contributed by atoms with van der Waals surface area (Å²) in [6, 6.07) is 13.5. The third kappa shape index (κ3) is 3.31. The van der Waals surface area contributed by atoms with Gasteiger partial charge in [0.25, 0.3) is 0 Å². The Morgan fingerprint density at radius 3 is 2.24 bits per heavy atom. The average Bonchev–Trinajstić information content (AvgIpc) is 2.34. The zero-order valence-corrected chi connectivity index (χ0v) is 12.2. The summed E-state index contributed by atoms with van der Waals surface area (Å²) >= 11 is 6.80. The molecule has 0 aliphatic heterocycles. The molecule has 0 bridgehead atoms. The van der Waals surface area contributed by atoms with Crippen molar-refractivity contribution >= 4 is 31.9 Å². The first-order valence-corrected chi connectivity index (χ1v) is 6.69. The van der Waals surface area contributed by atoms with Gasteiger partial charge in [-0.3, -0.25) is 0 Å². The third-order valence-corrected chi connectivity index (χ3v) is 3.31. The number of benzene rings is 2. The van der Waals surface area contributed by atoms with E-state index in [0.717, 1.165) is 26.0 Å². The molecule has 0 amide bonds. The third-order valence-electron chi connectivity index (χ3n) is 2.28. The fourth-order valence-electron chi connectivity index (χ4n) is 1.44. The molecular formula is C13H11Br2NO. The van der Waals surface area contributed by atoms with Crippen LogP contribution in [-0.4, -0.2) is 0 Å². The SMILES string of the molecule is NCc1cc(Br)ccc1Oc1ccc(Br)cc1. The Balaban J connectivity index is 2.26. The van der Waals surface area contributed by atoms with E-state index in [1.807, 2.05) is 42.5 Å². The van der Waals surface area contributed by atoms with E-state index in [-0.39, 0.29) is 0 Å². The van der Waals surface area contributed by atoms with Crippen LogP contribution in [0.2, 0.25) is 0 Å². The molecule has 0 aliphatic rings. The minimum absolute atomic E-state index is 0.450. The van der Waals surface area contributed by atoms with E-state index in [9.17, 15) is 0 Å². The highest BCUT2D eigenvalue weighted by atomic mass is 79.9. The molecule has 4 heteroatoms. The molecule has 0 saturated heterocycles. The number of hydrogen-bond donors (Lipinski definition) is 1. The number of nitrogens with two attached hydrogens (primary N) is 1. The van der Waals surface area contributed by atoms with Crippen molar-refractivity contribution in [1.29, 1.82) is 0 Å². The lowest BCUT2D eigenvalue weighted by atomic mass is 10.2. The van der Waals surface area contributed by atoms with E-state index in [2.05, 4.69) is 31.9 Å². The molecule has 2 aromatic rings. The van der Waals surface area contributed by atoms with Crippen LogP contribution in [0.25, 0.3) is 0 Å². The van der Waals surface area contributed by atoms with Crippen LogP contribution in [0.3, 0.4) is 0 Å². The molecule has 0 aromatic heterocycles. The quantitative estimate of drug-likeness (QED) is 0.880. The van der Waals surface area contributed by atoms with Crippen LogP contribution in [0.15, 0.2) is 51.4 Å². The van der Waals surface area contributed by atoms with Crippen molar-refractivity contribution < 1.29 is 4.74 Å². The second-order valence-corrected chi connectivity index (χ2v) is 5.34. The van der Waals surface area contributed by atoms with Crippen molar-refractivity contribution in [2.75, 3.05) is 0 Å². The van der Waals surface area contributed by atoms with Crippen molar-refractivity contribution in [1.82, 2.24) is 0 Å². The van der Waals surface area contributed by atoms with E-state index < -0.39 is 0 Å². The standard InChI is InChI=1S/C13H11Br2NO/c14-10-1-4-12(5-2-10)17-13-6-3-11(15)7-9(13)8-16/h1-7H,8,16H2. The lowest BCUT2D eigenvalue weighted by Gasteiger charge is -2.10. The normalized spacial score (nSPS) is 10.3. The van der Waals surface area contributed by atoms with Gasteiger partial charge in [0.05, 0.1) is 0 Å². The van der Waals surface area contributed by atoms with E-state index in [0.29, 0.717) is 6.54 Å². The first-order chi connectivity index (χ1) is 8.19. The largest absolute Gasteiger partial charge is 0.457 e. The molecule has 2 N–H and O–H groups in total. The molecule has 0 atom stereocenters. The second kappa shape index (κ2) is 5.67. The molecule has 2 nitrogen and oxygen atoms in total. The summed E-state index contributed by atoms with van der Waals surface area (Å²) in [7, 11) is 0. The molecule has 0 heterocycles. The van der Waals surface area contributed by atoms with Gasteiger partial charge in [-0.2, -0.15) is 0 Å². The first kappa shape index (κ1) is 12.6. The van der Waals surface area contributed by atoms with Crippen LogP contribution in [0.5, 0.6) is 11.5 Å². The van der Waals surface area contributed by atoms with Crippen molar-refractivity contribution in [3.05, 3.63) is 57.0 Å². The first-order valence-electron chi connectivity index (χ1n) is 5.11. The molecule has 0 aliphatic carbocycles. The highest BCUT2D eigenvalue weighted by molar-refractivity contribution is 9.10. The van der Waals surface area contributed by atoms with Crippen LogP contribution in [0.1, 0.15) is 5.56 Å². The van der Waals surface area contributed by atoms with Gasteiger partial charge in [0, 0.05) is 21.1 Å². The van der Waals surface area contributed by atoms with Gasteiger partial charge in [-0.05, 0) is 42.5 Å². The fraction of sp³-hybridized carbons (Fsp3) is 0.0769. The fourth-order valence-corrected chi connectivity index (χ4v) is 2.11. The molecule has 2 rings (SSSR count). The minimum atomic E-state index is 0.450. The van der Waals surface area contributed by atoms with Gasteiger partial charge >= 0.3 is 0 Å². The monoisotopic (exact) mass is 355 g/mol. The lowest BCUT2D eigenvalue weighted by molar-refractivity contribution is 0.476.